The molecule has 0 aliphatic carbocycles. The van der Waals surface area contributed by atoms with Crippen molar-refractivity contribution in [3.63, 3.8) is 0 Å². The molecule has 0 spiro atoms. The number of nitrogen functional groups attached to an aromatic ring is 1. The molecule has 0 unspecified atom stereocenters. The third-order valence-corrected chi connectivity index (χ3v) is 2.20. The fourth-order valence-electron chi connectivity index (χ4n) is 1.37. The van der Waals surface area contributed by atoms with E-state index in [1.165, 1.54) is 5.56 Å². The molecule has 2 aromatic rings. The summed E-state index contributed by atoms with van der Waals surface area (Å²) in [7, 11) is 0. The van der Waals surface area contributed by atoms with Crippen molar-refractivity contribution in [1.29, 1.82) is 0 Å². The molecule has 0 saturated heterocycles. The lowest BCUT2D eigenvalue weighted by atomic mass is 10.2. The summed E-state index contributed by atoms with van der Waals surface area (Å²) in [6, 6.07) is 3.90. The van der Waals surface area contributed by atoms with Gasteiger partial charge in [0.05, 0.1) is 17.4 Å². The van der Waals surface area contributed by atoms with Crippen LogP contribution in [0.1, 0.15) is 11.3 Å². The highest BCUT2D eigenvalue weighted by Crippen LogP contribution is 2.17. The molecule has 0 radical (unpaired) electrons. The van der Waals surface area contributed by atoms with Crippen molar-refractivity contribution in [2.24, 2.45) is 0 Å². The molecule has 2 rings (SSSR count). The van der Waals surface area contributed by atoms with Crippen LogP contribution in [0.25, 0.3) is 5.52 Å². The molecule has 2 N–H and O–H groups in total. The minimum Gasteiger partial charge on any atom is -0.397 e. The van der Waals surface area contributed by atoms with E-state index in [1.807, 2.05) is 30.5 Å². The maximum Gasteiger partial charge on any atom is 0.0894 e. The highest BCUT2D eigenvalue weighted by Gasteiger charge is 2.03. The average Bonchev–Trinajstić information content (AvgIpc) is 2.48. The lowest BCUT2D eigenvalue weighted by Crippen LogP contribution is -1.99. The third-order valence-electron chi connectivity index (χ3n) is 2.20. The predicted molar refractivity (Wildman–Crippen MR) is 49.1 cm³/mol. The van der Waals surface area contributed by atoms with Crippen LogP contribution >= 0.6 is 0 Å². The van der Waals surface area contributed by atoms with E-state index in [-0.39, 0.29) is 0 Å². The quantitative estimate of drug-likeness (QED) is 0.636. The van der Waals surface area contributed by atoms with E-state index in [4.69, 9.17) is 5.73 Å². The van der Waals surface area contributed by atoms with E-state index >= 15 is 0 Å². The maximum absolute atomic E-state index is 5.81. The second kappa shape index (κ2) is 2.24. The highest BCUT2D eigenvalue weighted by molar-refractivity contribution is 5.70. The van der Waals surface area contributed by atoms with Gasteiger partial charge in [-0.2, -0.15) is 5.10 Å². The van der Waals surface area contributed by atoms with Gasteiger partial charge in [0.25, 0.3) is 0 Å². The summed E-state index contributed by atoms with van der Waals surface area (Å²) in [5, 5.41) is 4.18. The van der Waals surface area contributed by atoms with Crippen LogP contribution in [0, 0.1) is 13.8 Å². The first-order chi connectivity index (χ1) is 5.70. The van der Waals surface area contributed by atoms with Crippen molar-refractivity contribution >= 4 is 11.2 Å². The molecule has 0 aliphatic rings. The number of hydrogen-bond acceptors (Lipinski definition) is 2. The Kier molecular flexibility index (Phi) is 1.33. The zero-order valence-corrected chi connectivity index (χ0v) is 7.20. The van der Waals surface area contributed by atoms with Gasteiger partial charge < -0.3 is 5.73 Å². The number of pyridine rings is 1. The molecule has 12 heavy (non-hydrogen) atoms. The lowest BCUT2D eigenvalue weighted by Gasteiger charge is -2.05. The summed E-state index contributed by atoms with van der Waals surface area (Å²) in [6.07, 6.45) is 1.76. The Morgan fingerprint density at radius 3 is 2.92 bits per heavy atom. The molecule has 0 aromatic carbocycles. The molecule has 0 atom stereocenters. The van der Waals surface area contributed by atoms with Crippen LogP contribution in [0.2, 0.25) is 0 Å². The number of aromatic nitrogens is 2. The number of nitrogens with two attached hydrogens (primary N) is 1. The van der Waals surface area contributed by atoms with Crippen LogP contribution in [-0.4, -0.2) is 9.61 Å². The minimum absolute atomic E-state index is 0.788. The van der Waals surface area contributed by atoms with Gasteiger partial charge in [-0.05, 0) is 31.5 Å². The zero-order chi connectivity index (χ0) is 8.72. The van der Waals surface area contributed by atoms with Gasteiger partial charge in [0.1, 0.15) is 0 Å². The fraction of sp³-hybridized carbons (Fsp3) is 0.222. The van der Waals surface area contributed by atoms with Gasteiger partial charge in [0.2, 0.25) is 0 Å². The van der Waals surface area contributed by atoms with Crippen molar-refractivity contribution in [1.82, 2.24) is 9.61 Å². The second-order valence-corrected chi connectivity index (χ2v) is 3.00. The summed E-state index contributed by atoms with van der Waals surface area (Å²) < 4.78 is 1.87. The number of anilines is 1. The SMILES string of the molecule is Cc1cc(N)c2ccnn2c1C. The molecular formula is C9H11N3. The monoisotopic (exact) mass is 161 g/mol. The molecule has 0 fully saturated rings. The van der Waals surface area contributed by atoms with Crippen LogP contribution in [0.15, 0.2) is 18.3 Å². The van der Waals surface area contributed by atoms with E-state index in [0.29, 0.717) is 0 Å². The van der Waals surface area contributed by atoms with Gasteiger partial charge in [-0.3, -0.25) is 0 Å². The number of aryl methyl sites for hydroxylation is 2. The van der Waals surface area contributed by atoms with Crippen LogP contribution in [0.5, 0.6) is 0 Å². The van der Waals surface area contributed by atoms with E-state index in [1.54, 1.807) is 6.20 Å². The molecule has 0 bridgehead atoms. The molecule has 2 aromatic heterocycles. The Morgan fingerprint density at radius 1 is 1.42 bits per heavy atom. The van der Waals surface area contributed by atoms with Crippen LogP contribution in [0.4, 0.5) is 5.69 Å². The lowest BCUT2D eigenvalue weighted by molar-refractivity contribution is 0.904. The number of nitrogens with zero attached hydrogens (tertiary/aromatic N) is 2. The molecule has 2 heterocycles. The van der Waals surface area contributed by atoms with Crippen molar-refractivity contribution in [3.05, 3.63) is 29.6 Å². The summed E-state index contributed by atoms with van der Waals surface area (Å²) in [5.41, 5.74) is 9.89. The molecular weight excluding hydrogens is 150 g/mol. The maximum atomic E-state index is 5.81. The van der Waals surface area contributed by atoms with E-state index in [0.717, 1.165) is 16.9 Å². The Bertz CT molecular complexity index is 429. The average molecular weight is 161 g/mol. The highest BCUT2D eigenvalue weighted by atomic mass is 15.2. The first kappa shape index (κ1) is 7.16. The van der Waals surface area contributed by atoms with E-state index in [9.17, 15) is 0 Å². The molecule has 0 aliphatic heterocycles. The van der Waals surface area contributed by atoms with Crippen LogP contribution in [-0.2, 0) is 0 Å². The zero-order valence-electron chi connectivity index (χ0n) is 7.20. The van der Waals surface area contributed by atoms with Crippen molar-refractivity contribution in [2.75, 3.05) is 5.73 Å². The first-order valence-corrected chi connectivity index (χ1v) is 3.89. The number of rotatable bonds is 0. The molecule has 0 saturated carbocycles. The summed E-state index contributed by atoms with van der Waals surface area (Å²) in [4.78, 5) is 0. The Balaban J connectivity index is 2.97. The van der Waals surface area contributed by atoms with Crippen LogP contribution in [0.3, 0.4) is 0 Å². The van der Waals surface area contributed by atoms with Gasteiger partial charge >= 0.3 is 0 Å². The second-order valence-electron chi connectivity index (χ2n) is 3.00. The third kappa shape index (κ3) is 0.794. The van der Waals surface area contributed by atoms with Crippen molar-refractivity contribution in [3.8, 4) is 0 Å². The summed E-state index contributed by atoms with van der Waals surface area (Å²) in [5.74, 6) is 0. The Labute approximate surface area is 70.8 Å². The number of hydrogen-bond donors (Lipinski definition) is 1. The van der Waals surface area contributed by atoms with Gasteiger partial charge in [0, 0.05) is 5.69 Å². The van der Waals surface area contributed by atoms with Gasteiger partial charge in [-0.1, -0.05) is 0 Å². The predicted octanol–water partition coefficient (Wildman–Crippen LogP) is 1.53. The normalized spacial score (nSPS) is 10.8. The topological polar surface area (TPSA) is 43.3 Å². The van der Waals surface area contributed by atoms with Crippen LogP contribution < -0.4 is 5.73 Å². The van der Waals surface area contributed by atoms with Crippen molar-refractivity contribution < 1.29 is 0 Å². The van der Waals surface area contributed by atoms with Crippen molar-refractivity contribution in [2.45, 2.75) is 13.8 Å². The molecule has 3 nitrogen and oxygen atoms in total. The molecule has 62 valence electrons. The fourth-order valence-corrected chi connectivity index (χ4v) is 1.37. The Hall–Kier alpha value is -1.51. The van der Waals surface area contributed by atoms with E-state index < -0.39 is 0 Å². The van der Waals surface area contributed by atoms with Gasteiger partial charge in [-0.25, -0.2) is 4.52 Å². The summed E-state index contributed by atoms with van der Waals surface area (Å²) in [6.45, 7) is 4.07. The van der Waals surface area contributed by atoms with Gasteiger partial charge in [0.15, 0.2) is 0 Å². The van der Waals surface area contributed by atoms with E-state index in [2.05, 4.69) is 5.10 Å². The standard InChI is InChI=1S/C9H11N3/c1-6-5-8(10)9-3-4-11-12(9)7(6)2/h3-5H,10H2,1-2H3. The molecule has 3 heteroatoms. The smallest absolute Gasteiger partial charge is 0.0894 e. The van der Waals surface area contributed by atoms with Gasteiger partial charge in [-0.15, -0.1) is 0 Å². The first-order valence-electron chi connectivity index (χ1n) is 3.89. The molecule has 0 amide bonds. The summed E-state index contributed by atoms with van der Waals surface area (Å²) >= 11 is 0. The number of fused-ring (bicyclic) bond motifs is 1. The Morgan fingerprint density at radius 2 is 2.17 bits per heavy atom. The largest absolute Gasteiger partial charge is 0.397 e. The minimum atomic E-state index is 0.788.